The molecule has 0 spiro atoms. The largest absolute Gasteiger partial charge is 0.483 e. The van der Waals surface area contributed by atoms with Gasteiger partial charge in [-0.1, -0.05) is 23.7 Å². The highest BCUT2D eigenvalue weighted by molar-refractivity contribution is 6.30. The van der Waals surface area contributed by atoms with Crippen molar-refractivity contribution in [2.75, 3.05) is 6.54 Å². The van der Waals surface area contributed by atoms with Gasteiger partial charge in [-0.2, -0.15) is 0 Å². The Balaban J connectivity index is 1.31. The molecule has 7 nitrogen and oxygen atoms in total. The van der Waals surface area contributed by atoms with Gasteiger partial charge in [-0.25, -0.2) is 4.98 Å². The molecular weight excluding hydrogens is 392 g/mol. The number of carbonyl (C=O) groups excluding carboxylic acids is 2. The quantitative estimate of drug-likeness (QED) is 0.655. The summed E-state index contributed by atoms with van der Waals surface area (Å²) in [6.07, 6.45) is 7.74. The SMILES string of the molecule is O=C1NC2CC(C(=O)NCCc3cnc[nH]3)CCC2O/C1=C/c1ccc(Cl)cc1. The first kappa shape index (κ1) is 19.5. The van der Waals surface area contributed by atoms with Crippen molar-refractivity contribution >= 4 is 29.5 Å². The van der Waals surface area contributed by atoms with Crippen LogP contribution < -0.4 is 10.6 Å². The first-order chi connectivity index (χ1) is 14.1. The van der Waals surface area contributed by atoms with Gasteiger partial charge in [0.15, 0.2) is 5.76 Å². The Morgan fingerprint density at radius 1 is 1.31 bits per heavy atom. The fraction of sp³-hybridized carbons (Fsp3) is 0.381. The number of ether oxygens (including phenoxy) is 1. The molecule has 8 heteroatoms. The maximum absolute atomic E-state index is 12.5. The van der Waals surface area contributed by atoms with Crippen molar-refractivity contribution < 1.29 is 14.3 Å². The van der Waals surface area contributed by atoms with E-state index < -0.39 is 0 Å². The number of hydrogen-bond acceptors (Lipinski definition) is 4. The van der Waals surface area contributed by atoms with E-state index in [2.05, 4.69) is 20.6 Å². The Labute approximate surface area is 173 Å². The van der Waals surface area contributed by atoms with Gasteiger partial charge in [0.1, 0.15) is 6.10 Å². The number of morpholine rings is 1. The molecule has 3 unspecified atom stereocenters. The molecule has 1 saturated carbocycles. The number of aromatic amines is 1. The average molecular weight is 415 g/mol. The van der Waals surface area contributed by atoms with Crippen LogP contribution in [0.25, 0.3) is 6.08 Å². The lowest BCUT2D eigenvalue weighted by atomic mass is 9.82. The number of nitrogens with one attached hydrogen (secondary N) is 3. The Morgan fingerprint density at radius 2 is 2.14 bits per heavy atom. The van der Waals surface area contributed by atoms with Crippen LogP contribution in [0.2, 0.25) is 5.02 Å². The summed E-state index contributed by atoms with van der Waals surface area (Å²) in [4.78, 5) is 31.9. The van der Waals surface area contributed by atoms with Crippen molar-refractivity contribution in [1.29, 1.82) is 0 Å². The summed E-state index contributed by atoms with van der Waals surface area (Å²) in [5, 5.41) is 6.63. The van der Waals surface area contributed by atoms with E-state index >= 15 is 0 Å². The lowest BCUT2D eigenvalue weighted by Crippen LogP contribution is -2.54. The number of nitrogens with zero attached hydrogens (tertiary/aromatic N) is 1. The molecule has 1 aromatic heterocycles. The minimum atomic E-state index is -0.249. The molecular formula is C21H23ClN4O3. The predicted molar refractivity (Wildman–Crippen MR) is 109 cm³/mol. The number of carbonyl (C=O) groups is 2. The number of aromatic nitrogens is 2. The molecule has 1 saturated heterocycles. The first-order valence-corrected chi connectivity index (χ1v) is 10.2. The summed E-state index contributed by atoms with van der Waals surface area (Å²) in [5.74, 6) is -0.0408. The third-order valence-electron chi connectivity index (χ3n) is 5.39. The average Bonchev–Trinajstić information content (AvgIpc) is 3.23. The summed E-state index contributed by atoms with van der Waals surface area (Å²) in [6, 6.07) is 7.06. The van der Waals surface area contributed by atoms with Gasteiger partial charge in [-0.3, -0.25) is 9.59 Å². The van der Waals surface area contributed by atoms with Crippen LogP contribution in [0.15, 0.2) is 42.5 Å². The van der Waals surface area contributed by atoms with Crippen LogP contribution in [-0.2, 0) is 20.7 Å². The van der Waals surface area contributed by atoms with Gasteiger partial charge >= 0.3 is 0 Å². The number of benzene rings is 1. The Hall–Kier alpha value is -2.80. The smallest absolute Gasteiger partial charge is 0.286 e. The van der Waals surface area contributed by atoms with Crippen LogP contribution in [0.3, 0.4) is 0 Å². The van der Waals surface area contributed by atoms with Crippen LogP contribution in [0.1, 0.15) is 30.5 Å². The maximum Gasteiger partial charge on any atom is 0.286 e. The first-order valence-electron chi connectivity index (χ1n) is 9.78. The van der Waals surface area contributed by atoms with Crippen LogP contribution in [0.4, 0.5) is 0 Å². The Bertz CT molecular complexity index is 895. The summed E-state index contributed by atoms with van der Waals surface area (Å²) in [5.41, 5.74) is 1.84. The van der Waals surface area contributed by atoms with E-state index in [-0.39, 0.29) is 29.9 Å². The lowest BCUT2D eigenvalue weighted by molar-refractivity contribution is -0.134. The van der Waals surface area contributed by atoms with E-state index in [9.17, 15) is 9.59 Å². The Morgan fingerprint density at radius 3 is 2.90 bits per heavy atom. The van der Waals surface area contributed by atoms with Gasteiger partial charge in [0.25, 0.3) is 5.91 Å². The van der Waals surface area contributed by atoms with E-state index in [0.717, 1.165) is 24.1 Å². The minimum absolute atomic E-state index is 0.0275. The fourth-order valence-electron chi connectivity index (χ4n) is 3.83. The molecule has 29 heavy (non-hydrogen) atoms. The standard InChI is InChI=1S/C21H23ClN4O3/c22-15-4-1-13(2-5-15)9-19-21(28)26-17-10-14(3-6-18(17)29-19)20(27)24-8-7-16-11-23-12-25-16/h1-2,4-5,9,11-12,14,17-18H,3,6-8,10H2,(H,23,25)(H,24,27)(H,26,28)/b19-9+. The highest BCUT2D eigenvalue weighted by Crippen LogP contribution is 2.31. The van der Waals surface area contributed by atoms with Crippen molar-refractivity contribution in [3.8, 4) is 0 Å². The highest BCUT2D eigenvalue weighted by Gasteiger charge is 2.40. The van der Waals surface area contributed by atoms with Crippen molar-refractivity contribution in [1.82, 2.24) is 20.6 Å². The number of halogens is 1. The second-order valence-corrected chi connectivity index (χ2v) is 7.86. The van der Waals surface area contributed by atoms with Gasteiger partial charge < -0.3 is 20.4 Å². The van der Waals surface area contributed by atoms with Gasteiger partial charge in [-0.15, -0.1) is 0 Å². The minimum Gasteiger partial charge on any atom is -0.483 e. The molecule has 0 bridgehead atoms. The Kier molecular flexibility index (Phi) is 5.85. The molecule has 1 aliphatic carbocycles. The van der Waals surface area contributed by atoms with Gasteiger partial charge in [0.05, 0.1) is 12.4 Å². The molecule has 2 aliphatic rings. The molecule has 2 amide bonds. The number of hydrogen-bond donors (Lipinski definition) is 3. The normalized spacial score (nSPS) is 25.1. The molecule has 152 valence electrons. The van der Waals surface area contributed by atoms with Crippen LogP contribution >= 0.6 is 11.6 Å². The van der Waals surface area contributed by atoms with Crippen molar-refractivity contribution in [3.05, 3.63) is 58.8 Å². The van der Waals surface area contributed by atoms with Gasteiger partial charge in [0, 0.05) is 35.8 Å². The van der Waals surface area contributed by atoms with E-state index in [1.165, 1.54) is 0 Å². The molecule has 2 heterocycles. The van der Waals surface area contributed by atoms with E-state index in [1.807, 2.05) is 12.1 Å². The zero-order valence-corrected chi connectivity index (χ0v) is 16.6. The number of rotatable bonds is 5. The number of H-pyrrole nitrogens is 1. The van der Waals surface area contributed by atoms with Crippen LogP contribution in [0.5, 0.6) is 0 Å². The van der Waals surface area contributed by atoms with E-state index in [0.29, 0.717) is 30.2 Å². The van der Waals surface area contributed by atoms with E-state index in [1.54, 1.807) is 30.7 Å². The topological polar surface area (TPSA) is 96.1 Å². The summed E-state index contributed by atoms with van der Waals surface area (Å²) in [6.45, 7) is 0.558. The number of fused-ring (bicyclic) bond motifs is 1. The van der Waals surface area contributed by atoms with Crippen molar-refractivity contribution in [2.45, 2.75) is 37.8 Å². The monoisotopic (exact) mass is 414 g/mol. The second kappa shape index (κ2) is 8.69. The molecule has 3 N–H and O–H groups in total. The molecule has 2 fully saturated rings. The number of imidazole rings is 1. The maximum atomic E-state index is 12.5. The zero-order chi connectivity index (χ0) is 20.2. The summed E-state index contributed by atoms with van der Waals surface area (Å²) in [7, 11) is 0. The molecule has 1 aliphatic heterocycles. The van der Waals surface area contributed by atoms with Crippen LogP contribution in [-0.4, -0.2) is 40.5 Å². The molecule has 2 aromatic rings. The molecule has 4 rings (SSSR count). The molecule has 0 radical (unpaired) electrons. The summed E-state index contributed by atoms with van der Waals surface area (Å²) < 4.78 is 5.97. The van der Waals surface area contributed by atoms with Gasteiger partial charge in [0.2, 0.25) is 5.91 Å². The van der Waals surface area contributed by atoms with Crippen molar-refractivity contribution in [2.24, 2.45) is 5.92 Å². The van der Waals surface area contributed by atoms with Crippen molar-refractivity contribution in [3.63, 3.8) is 0 Å². The highest BCUT2D eigenvalue weighted by atomic mass is 35.5. The van der Waals surface area contributed by atoms with Crippen LogP contribution in [0, 0.1) is 5.92 Å². The fourth-order valence-corrected chi connectivity index (χ4v) is 3.95. The summed E-state index contributed by atoms with van der Waals surface area (Å²) >= 11 is 5.90. The third-order valence-corrected chi connectivity index (χ3v) is 5.64. The second-order valence-electron chi connectivity index (χ2n) is 7.42. The predicted octanol–water partition coefficient (Wildman–Crippen LogP) is 2.45. The molecule has 1 aromatic carbocycles. The van der Waals surface area contributed by atoms with Gasteiger partial charge in [-0.05, 0) is 43.0 Å². The number of amides is 2. The molecule has 3 atom stereocenters. The lowest BCUT2D eigenvalue weighted by Gasteiger charge is -2.39. The van der Waals surface area contributed by atoms with E-state index in [4.69, 9.17) is 16.3 Å². The zero-order valence-electron chi connectivity index (χ0n) is 15.9. The third kappa shape index (κ3) is 4.79.